The van der Waals surface area contributed by atoms with E-state index in [4.69, 9.17) is 14.5 Å². The van der Waals surface area contributed by atoms with E-state index in [1.807, 2.05) is 57.2 Å². The van der Waals surface area contributed by atoms with Crippen LogP contribution in [0, 0.1) is 0 Å². The van der Waals surface area contributed by atoms with Crippen LogP contribution in [-0.2, 0) is 21.3 Å². The van der Waals surface area contributed by atoms with Crippen molar-refractivity contribution >= 4 is 42.6 Å². The van der Waals surface area contributed by atoms with E-state index in [1.165, 1.54) is 27.8 Å². The van der Waals surface area contributed by atoms with Gasteiger partial charge < -0.3 is 9.47 Å². The summed E-state index contributed by atoms with van der Waals surface area (Å²) in [6, 6.07) is 17.2. The molecule has 1 amide bonds. The van der Waals surface area contributed by atoms with Crippen LogP contribution in [0.5, 0.6) is 5.75 Å². The van der Waals surface area contributed by atoms with Crippen LogP contribution in [0.25, 0.3) is 10.2 Å². The maximum absolute atomic E-state index is 13.8. The molecule has 2 atom stereocenters. The van der Waals surface area contributed by atoms with Gasteiger partial charge in [-0.2, -0.15) is 4.31 Å². The number of thiazole rings is 1. The molecule has 1 aliphatic heterocycles. The Hall–Kier alpha value is -3.38. The van der Waals surface area contributed by atoms with Crippen LogP contribution in [-0.4, -0.2) is 60.5 Å². The number of rotatable bonds is 8. The highest BCUT2D eigenvalue weighted by Gasteiger charge is 2.32. The number of sulfonamides is 1. The van der Waals surface area contributed by atoms with E-state index >= 15 is 0 Å². The molecule has 0 bridgehead atoms. The Labute approximate surface area is 232 Å². The molecule has 39 heavy (non-hydrogen) atoms. The molecule has 2 aromatic heterocycles. The molecule has 9 nitrogen and oxygen atoms in total. The van der Waals surface area contributed by atoms with Crippen LogP contribution in [0.2, 0.25) is 0 Å². The molecule has 1 aliphatic rings. The minimum absolute atomic E-state index is 0.139. The number of ether oxygens (including phenoxy) is 2. The highest BCUT2D eigenvalue weighted by Crippen LogP contribution is 2.33. The Kier molecular flexibility index (Phi) is 7.94. The summed E-state index contributed by atoms with van der Waals surface area (Å²) in [4.78, 5) is 24.6. The second-order valence-electron chi connectivity index (χ2n) is 9.38. The minimum Gasteiger partial charge on any atom is -0.494 e. The van der Waals surface area contributed by atoms with E-state index in [9.17, 15) is 13.2 Å². The fourth-order valence-electron chi connectivity index (χ4n) is 4.55. The lowest BCUT2D eigenvalue weighted by atomic mass is 10.2. The van der Waals surface area contributed by atoms with E-state index in [1.54, 1.807) is 23.2 Å². The summed E-state index contributed by atoms with van der Waals surface area (Å²) < 4.78 is 40.2. The van der Waals surface area contributed by atoms with E-state index in [0.717, 1.165) is 16.0 Å². The summed E-state index contributed by atoms with van der Waals surface area (Å²) in [5, 5.41) is 0.516. The molecular weight excluding hydrogens is 536 g/mol. The van der Waals surface area contributed by atoms with Gasteiger partial charge in [0.1, 0.15) is 5.75 Å². The largest absolute Gasteiger partial charge is 0.494 e. The number of benzene rings is 2. The molecule has 0 radical (unpaired) electrons. The lowest BCUT2D eigenvalue weighted by Crippen LogP contribution is -2.48. The van der Waals surface area contributed by atoms with Gasteiger partial charge in [-0.25, -0.2) is 13.4 Å². The van der Waals surface area contributed by atoms with Crippen molar-refractivity contribution in [3.63, 3.8) is 0 Å². The highest BCUT2D eigenvalue weighted by molar-refractivity contribution is 7.89. The third-order valence-corrected chi connectivity index (χ3v) is 9.19. The SMILES string of the molecule is CCOc1ccc2nc(N(Cc3ccccn3)C(=O)c3ccc(S(=O)(=O)N4CC(C)OC(C)C4)cc3)sc2c1. The summed E-state index contributed by atoms with van der Waals surface area (Å²) in [6.45, 7) is 6.97. The second kappa shape index (κ2) is 11.4. The van der Waals surface area contributed by atoms with Crippen molar-refractivity contribution in [3.8, 4) is 5.75 Å². The fourth-order valence-corrected chi connectivity index (χ4v) is 7.13. The van der Waals surface area contributed by atoms with Crippen LogP contribution in [0.15, 0.2) is 71.8 Å². The highest BCUT2D eigenvalue weighted by atomic mass is 32.2. The number of fused-ring (bicyclic) bond motifs is 1. The van der Waals surface area contributed by atoms with Crippen LogP contribution < -0.4 is 9.64 Å². The summed E-state index contributed by atoms with van der Waals surface area (Å²) >= 11 is 1.39. The zero-order valence-electron chi connectivity index (χ0n) is 22.0. The van der Waals surface area contributed by atoms with E-state index < -0.39 is 10.0 Å². The molecule has 11 heteroatoms. The van der Waals surface area contributed by atoms with Crippen LogP contribution in [0.1, 0.15) is 36.8 Å². The molecule has 0 aliphatic carbocycles. The number of pyridine rings is 1. The van der Waals surface area contributed by atoms with Gasteiger partial charge in [0.2, 0.25) is 10.0 Å². The first-order chi connectivity index (χ1) is 18.7. The monoisotopic (exact) mass is 566 g/mol. The Morgan fingerprint density at radius 2 is 1.85 bits per heavy atom. The van der Waals surface area contributed by atoms with Gasteiger partial charge in [-0.05, 0) is 75.4 Å². The fraction of sp³-hybridized carbons (Fsp3) is 0.321. The number of hydrogen-bond donors (Lipinski definition) is 0. The lowest BCUT2D eigenvalue weighted by Gasteiger charge is -2.34. The third kappa shape index (κ3) is 5.96. The zero-order valence-corrected chi connectivity index (χ0v) is 23.6. The minimum atomic E-state index is -3.72. The first-order valence-electron chi connectivity index (χ1n) is 12.8. The van der Waals surface area contributed by atoms with Crippen molar-refractivity contribution in [2.75, 3.05) is 24.6 Å². The molecule has 4 aromatic rings. The molecule has 2 aromatic carbocycles. The van der Waals surface area contributed by atoms with Gasteiger partial charge in [0.05, 0.1) is 46.2 Å². The third-order valence-electron chi connectivity index (χ3n) is 6.31. The molecule has 1 fully saturated rings. The van der Waals surface area contributed by atoms with Crippen LogP contribution in [0.3, 0.4) is 0 Å². The summed E-state index contributed by atoms with van der Waals surface area (Å²) in [7, 11) is -3.72. The average molecular weight is 567 g/mol. The normalized spacial score (nSPS) is 18.2. The number of carbonyl (C=O) groups is 1. The topological polar surface area (TPSA) is 102 Å². The quantitative estimate of drug-likeness (QED) is 0.304. The molecule has 3 heterocycles. The van der Waals surface area contributed by atoms with Gasteiger partial charge in [0.15, 0.2) is 5.13 Å². The maximum Gasteiger partial charge on any atom is 0.260 e. The van der Waals surface area contributed by atoms with Gasteiger partial charge in [-0.3, -0.25) is 14.7 Å². The van der Waals surface area contributed by atoms with Crippen molar-refractivity contribution in [3.05, 3.63) is 78.1 Å². The number of carbonyl (C=O) groups excluding carboxylic acids is 1. The summed E-state index contributed by atoms with van der Waals surface area (Å²) in [5.74, 6) is 0.436. The van der Waals surface area contributed by atoms with Gasteiger partial charge >= 0.3 is 0 Å². The molecule has 0 N–H and O–H groups in total. The van der Waals surface area contributed by atoms with E-state index in [-0.39, 0.29) is 42.6 Å². The van der Waals surface area contributed by atoms with Gasteiger partial charge in [-0.1, -0.05) is 17.4 Å². The van der Waals surface area contributed by atoms with Crippen molar-refractivity contribution in [2.24, 2.45) is 0 Å². The predicted molar refractivity (Wildman–Crippen MR) is 151 cm³/mol. The summed E-state index contributed by atoms with van der Waals surface area (Å²) in [6.07, 6.45) is 1.29. The number of anilines is 1. The van der Waals surface area contributed by atoms with E-state index in [2.05, 4.69) is 4.98 Å². The predicted octanol–water partition coefficient (Wildman–Crippen LogP) is 4.73. The molecule has 0 saturated carbocycles. The van der Waals surface area contributed by atoms with Gasteiger partial charge in [0.25, 0.3) is 5.91 Å². The van der Waals surface area contributed by atoms with Crippen molar-refractivity contribution in [2.45, 2.75) is 44.4 Å². The average Bonchev–Trinajstić information content (AvgIpc) is 3.35. The number of hydrogen-bond acceptors (Lipinski definition) is 8. The molecular formula is C28H30N4O5S2. The Morgan fingerprint density at radius 3 is 2.51 bits per heavy atom. The maximum atomic E-state index is 13.8. The smallest absolute Gasteiger partial charge is 0.260 e. The summed E-state index contributed by atoms with van der Waals surface area (Å²) in [5.41, 5.74) is 1.81. The molecule has 5 rings (SSSR count). The van der Waals surface area contributed by atoms with Gasteiger partial charge in [0, 0.05) is 24.8 Å². The molecule has 204 valence electrons. The lowest BCUT2D eigenvalue weighted by molar-refractivity contribution is -0.0440. The molecule has 1 saturated heterocycles. The second-order valence-corrected chi connectivity index (χ2v) is 12.3. The van der Waals surface area contributed by atoms with Crippen molar-refractivity contribution in [1.82, 2.24) is 14.3 Å². The standard InChI is InChI=1S/C28H30N4O5S2/c1-4-36-23-10-13-25-26(15-23)38-28(30-25)32(18-22-7-5-6-14-29-22)27(33)21-8-11-24(12-9-21)39(34,35)31-16-19(2)37-20(3)17-31/h5-15,19-20H,4,16-18H2,1-3H3. The molecule has 0 spiro atoms. The van der Waals surface area contributed by atoms with Crippen LogP contribution in [0.4, 0.5) is 5.13 Å². The number of amides is 1. The molecule has 2 unspecified atom stereocenters. The number of morpholine rings is 1. The Bertz CT molecular complexity index is 1550. The van der Waals surface area contributed by atoms with Gasteiger partial charge in [-0.15, -0.1) is 0 Å². The van der Waals surface area contributed by atoms with Crippen molar-refractivity contribution < 1.29 is 22.7 Å². The van der Waals surface area contributed by atoms with E-state index in [0.29, 0.717) is 23.0 Å². The number of nitrogens with zero attached hydrogens (tertiary/aromatic N) is 4. The first-order valence-corrected chi connectivity index (χ1v) is 15.0. The van der Waals surface area contributed by atoms with Crippen LogP contribution >= 0.6 is 11.3 Å². The first kappa shape index (κ1) is 27.2. The Balaban J connectivity index is 1.45. The zero-order chi connectivity index (χ0) is 27.6. The number of aromatic nitrogens is 2. The Morgan fingerprint density at radius 1 is 1.10 bits per heavy atom. The van der Waals surface area contributed by atoms with Crippen molar-refractivity contribution in [1.29, 1.82) is 0 Å².